The molecule has 18 heavy (non-hydrogen) atoms. The zero-order valence-electron chi connectivity index (χ0n) is 10.3. The minimum absolute atomic E-state index is 0.0371. The van der Waals surface area contributed by atoms with Gasteiger partial charge in [-0.25, -0.2) is 0 Å². The summed E-state index contributed by atoms with van der Waals surface area (Å²) in [6.07, 6.45) is -0.591. The van der Waals surface area contributed by atoms with Crippen LogP contribution in [0, 0.1) is 0 Å². The molecular weight excluding hydrogens is 224 g/mol. The third-order valence-electron chi connectivity index (χ3n) is 3.66. The Morgan fingerprint density at radius 1 is 1.00 bits per heavy atom. The number of aliphatic hydroxyl groups is 1. The first-order valence-corrected chi connectivity index (χ1v) is 6.21. The fraction of sp³-hybridized carbons (Fsp3) is 0.250. The SMILES string of the molecule is C[C@@H]1O[C@@]1(c1ccccc1)[C@@H](O)c1ccccc1. The first-order valence-electron chi connectivity index (χ1n) is 6.21. The number of ether oxygens (including phenoxy) is 1. The van der Waals surface area contributed by atoms with Crippen LogP contribution in [0.1, 0.15) is 24.2 Å². The largest absolute Gasteiger partial charge is 0.385 e. The second-order valence-electron chi connectivity index (χ2n) is 4.73. The lowest BCUT2D eigenvalue weighted by Gasteiger charge is -2.20. The molecule has 1 fully saturated rings. The van der Waals surface area contributed by atoms with E-state index in [1.807, 2.05) is 67.6 Å². The van der Waals surface area contributed by atoms with Crippen LogP contribution in [-0.2, 0) is 10.3 Å². The molecule has 1 aliphatic rings. The summed E-state index contributed by atoms with van der Waals surface area (Å²) in [7, 11) is 0. The molecule has 0 unspecified atom stereocenters. The highest BCUT2D eigenvalue weighted by Crippen LogP contribution is 2.54. The molecule has 3 atom stereocenters. The number of rotatable bonds is 3. The van der Waals surface area contributed by atoms with Crippen LogP contribution in [0.4, 0.5) is 0 Å². The van der Waals surface area contributed by atoms with Crippen LogP contribution < -0.4 is 0 Å². The van der Waals surface area contributed by atoms with Crippen molar-refractivity contribution >= 4 is 0 Å². The molecule has 0 bridgehead atoms. The van der Waals surface area contributed by atoms with Crippen molar-refractivity contribution in [2.75, 3.05) is 0 Å². The fourth-order valence-corrected chi connectivity index (χ4v) is 2.59. The normalized spacial score (nSPS) is 27.8. The van der Waals surface area contributed by atoms with E-state index in [1.165, 1.54) is 0 Å². The summed E-state index contributed by atoms with van der Waals surface area (Å²) in [4.78, 5) is 0. The Kier molecular flexibility index (Phi) is 2.69. The van der Waals surface area contributed by atoms with Crippen molar-refractivity contribution in [3.63, 3.8) is 0 Å². The van der Waals surface area contributed by atoms with E-state index in [0.717, 1.165) is 11.1 Å². The van der Waals surface area contributed by atoms with Gasteiger partial charge in [0.05, 0.1) is 6.10 Å². The molecule has 0 amide bonds. The van der Waals surface area contributed by atoms with Gasteiger partial charge in [0.15, 0.2) is 0 Å². The molecule has 0 aromatic heterocycles. The molecular formula is C16H16O2. The zero-order valence-corrected chi connectivity index (χ0v) is 10.3. The van der Waals surface area contributed by atoms with E-state index in [9.17, 15) is 5.11 Å². The molecule has 0 saturated carbocycles. The summed E-state index contributed by atoms with van der Waals surface area (Å²) in [6, 6.07) is 19.6. The predicted molar refractivity (Wildman–Crippen MR) is 70.1 cm³/mol. The average Bonchev–Trinajstić information content (AvgIpc) is 3.13. The van der Waals surface area contributed by atoms with Crippen molar-refractivity contribution in [3.8, 4) is 0 Å². The molecule has 1 N–H and O–H groups in total. The molecule has 0 aliphatic carbocycles. The number of hydrogen-bond donors (Lipinski definition) is 1. The second-order valence-corrected chi connectivity index (χ2v) is 4.73. The van der Waals surface area contributed by atoms with E-state index in [4.69, 9.17) is 4.74 Å². The summed E-state index contributed by atoms with van der Waals surface area (Å²) in [5, 5.41) is 10.6. The highest BCUT2D eigenvalue weighted by molar-refractivity contribution is 5.35. The van der Waals surface area contributed by atoms with E-state index >= 15 is 0 Å². The van der Waals surface area contributed by atoms with Gasteiger partial charge in [-0.3, -0.25) is 0 Å². The van der Waals surface area contributed by atoms with Gasteiger partial charge in [0.25, 0.3) is 0 Å². The predicted octanol–water partition coefficient (Wildman–Crippen LogP) is 3.03. The van der Waals surface area contributed by atoms with Crippen molar-refractivity contribution in [2.24, 2.45) is 0 Å². The Hall–Kier alpha value is -1.64. The van der Waals surface area contributed by atoms with Crippen molar-refractivity contribution < 1.29 is 9.84 Å². The van der Waals surface area contributed by atoms with Gasteiger partial charge < -0.3 is 9.84 Å². The molecule has 0 spiro atoms. The van der Waals surface area contributed by atoms with Gasteiger partial charge in [-0.1, -0.05) is 60.7 Å². The summed E-state index contributed by atoms with van der Waals surface area (Å²) < 4.78 is 5.76. The van der Waals surface area contributed by atoms with Crippen LogP contribution in [0.25, 0.3) is 0 Å². The molecule has 1 aliphatic heterocycles. The van der Waals surface area contributed by atoms with E-state index in [2.05, 4.69) is 0 Å². The van der Waals surface area contributed by atoms with Crippen LogP contribution in [-0.4, -0.2) is 11.2 Å². The Balaban J connectivity index is 1.99. The van der Waals surface area contributed by atoms with Crippen LogP contribution in [0.3, 0.4) is 0 Å². The highest BCUT2D eigenvalue weighted by atomic mass is 16.6. The van der Waals surface area contributed by atoms with E-state index in [0.29, 0.717) is 0 Å². The zero-order chi connectivity index (χ0) is 12.6. The first-order chi connectivity index (χ1) is 8.75. The second kappa shape index (κ2) is 4.23. The molecule has 92 valence electrons. The quantitative estimate of drug-likeness (QED) is 0.836. The lowest BCUT2D eigenvalue weighted by atomic mass is 9.86. The molecule has 0 radical (unpaired) electrons. The van der Waals surface area contributed by atoms with Crippen LogP contribution in [0.2, 0.25) is 0 Å². The van der Waals surface area contributed by atoms with Gasteiger partial charge in [0.2, 0.25) is 0 Å². The number of hydrogen-bond acceptors (Lipinski definition) is 2. The van der Waals surface area contributed by atoms with Gasteiger partial charge in [-0.2, -0.15) is 0 Å². The molecule has 3 rings (SSSR count). The molecule has 2 heteroatoms. The smallest absolute Gasteiger partial charge is 0.149 e. The molecule has 1 heterocycles. The average molecular weight is 240 g/mol. The van der Waals surface area contributed by atoms with Gasteiger partial charge in [-0.05, 0) is 18.1 Å². The summed E-state index contributed by atoms with van der Waals surface area (Å²) in [5.74, 6) is 0. The van der Waals surface area contributed by atoms with Crippen LogP contribution >= 0.6 is 0 Å². The Morgan fingerprint density at radius 2 is 1.50 bits per heavy atom. The van der Waals surface area contributed by atoms with E-state index in [-0.39, 0.29) is 6.10 Å². The third kappa shape index (κ3) is 1.65. The minimum Gasteiger partial charge on any atom is -0.385 e. The molecule has 2 nitrogen and oxygen atoms in total. The van der Waals surface area contributed by atoms with Gasteiger partial charge in [0.1, 0.15) is 11.7 Å². The Bertz CT molecular complexity index is 523. The lowest BCUT2D eigenvalue weighted by molar-refractivity contribution is 0.0730. The van der Waals surface area contributed by atoms with Gasteiger partial charge >= 0.3 is 0 Å². The van der Waals surface area contributed by atoms with E-state index in [1.54, 1.807) is 0 Å². The van der Waals surface area contributed by atoms with Crippen molar-refractivity contribution in [1.82, 2.24) is 0 Å². The maximum Gasteiger partial charge on any atom is 0.149 e. The molecule has 2 aromatic carbocycles. The Morgan fingerprint density at radius 3 is 2.00 bits per heavy atom. The minimum atomic E-state index is -0.629. The maximum atomic E-state index is 10.6. The molecule has 1 saturated heterocycles. The van der Waals surface area contributed by atoms with E-state index < -0.39 is 11.7 Å². The van der Waals surface area contributed by atoms with Gasteiger partial charge in [0, 0.05) is 0 Å². The monoisotopic (exact) mass is 240 g/mol. The topological polar surface area (TPSA) is 32.8 Å². The van der Waals surface area contributed by atoms with Crippen molar-refractivity contribution in [1.29, 1.82) is 0 Å². The number of epoxide rings is 1. The fourth-order valence-electron chi connectivity index (χ4n) is 2.59. The number of aliphatic hydroxyl groups excluding tert-OH is 1. The summed E-state index contributed by atoms with van der Waals surface area (Å²) in [6.45, 7) is 2.00. The van der Waals surface area contributed by atoms with Crippen LogP contribution in [0.15, 0.2) is 60.7 Å². The first kappa shape index (κ1) is 11.5. The summed E-state index contributed by atoms with van der Waals surface area (Å²) >= 11 is 0. The highest BCUT2D eigenvalue weighted by Gasteiger charge is 2.60. The number of benzene rings is 2. The standard InChI is InChI=1S/C16H16O2/c1-12-16(18-12,14-10-6-3-7-11-14)15(17)13-8-4-2-5-9-13/h2-12,15,17H,1H3/t12-,15-,16-/m0/s1. The van der Waals surface area contributed by atoms with Crippen LogP contribution in [0.5, 0.6) is 0 Å². The Labute approximate surface area is 107 Å². The summed E-state index contributed by atoms with van der Waals surface area (Å²) in [5.41, 5.74) is 1.35. The maximum absolute atomic E-state index is 10.6. The third-order valence-corrected chi connectivity index (χ3v) is 3.66. The molecule has 2 aromatic rings. The lowest BCUT2D eigenvalue weighted by Crippen LogP contribution is -2.22. The van der Waals surface area contributed by atoms with Crippen molar-refractivity contribution in [3.05, 3.63) is 71.8 Å². The van der Waals surface area contributed by atoms with Gasteiger partial charge in [-0.15, -0.1) is 0 Å². The van der Waals surface area contributed by atoms with Crippen molar-refractivity contribution in [2.45, 2.75) is 24.7 Å².